The number of nitrogens with one attached hydrogen (secondary N) is 1. The van der Waals surface area contributed by atoms with E-state index in [0.717, 1.165) is 10.4 Å². The number of halogens is 1. The third kappa shape index (κ3) is 1.94. The molecule has 0 atom stereocenters. The van der Waals surface area contributed by atoms with Crippen LogP contribution >= 0.6 is 22.9 Å². The Balaban J connectivity index is 2.28. The molecule has 0 saturated heterocycles. The average Bonchev–Trinajstić information content (AvgIpc) is 2.81. The van der Waals surface area contributed by atoms with Crippen molar-refractivity contribution in [2.75, 3.05) is 0 Å². The lowest BCUT2D eigenvalue weighted by Crippen LogP contribution is -2.32. The van der Waals surface area contributed by atoms with Crippen LogP contribution in [-0.4, -0.2) is 14.9 Å². The van der Waals surface area contributed by atoms with E-state index in [1.807, 2.05) is 12.1 Å². The van der Waals surface area contributed by atoms with Crippen molar-refractivity contribution in [2.24, 2.45) is 0 Å². The molecule has 0 aliphatic carbocycles. The number of hydrogen-bond donors (Lipinski definition) is 2. The molecular weight excluding hydrogens is 288 g/mol. The van der Waals surface area contributed by atoms with Crippen molar-refractivity contribution < 1.29 is 5.21 Å². The molecule has 7 heteroatoms. The van der Waals surface area contributed by atoms with Crippen LogP contribution in [0.5, 0.6) is 0 Å². The van der Waals surface area contributed by atoms with Gasteiger partial charge in [0.15, 0.2) is 0 Å². The minimum absolute atomic E-state index is 0.0701. The second-order valence-electron chi connectivity index (χ2n) is 3.91. The first-order valence-electron chi connectivity index (χ1n) is 5.30. The van der Waals surface area contributed by atoms with Gasteiger partial charge in [0.2, 0.25) is 0 Å². The topological polar surface area (TPSA) is 75.1 Å². The Hall–Kier alpha value is -2.05. The van der Waals surface area contributed by atoms with Crippen LogP contribution in [0.15, 0.2) is 39.9 Å². The number of rotatable bonds is 1. The molecule has 0 radical (unpaired) electrons. The second-order valence-corrected chi connectivity index (χ2v) is 5.40. The highest BCUT2D eigenvalue weighted by Gasteiger charge is 2.11. The van der Waals surface area contributed by atoms with E-state index in [2.05, 4.69) is 4.98 Å². The van der Waals surface area contributed by atoms with Crippen LogP contribution in [0, 0.1) is 0 Å². The molecule has 19 heavy (non-hydrogen) atoms. The molecule has 3 rings (SSSR count). The summed E-state index contributed by atoms with van der Waals surface area (Å²) in [7, 11) is 0. The molecule has 5 nitrogen and oxygen atoms in total. The van der Waals surface area contributed by atoms with Gasteiger partial charge in [-0.05, 0) is 23.8 Å². The van der Waals surface area contributed by atoms with E-state index >= 15 is 0 Å². The first-order valence-corrected chi connectivity index (χ1v) is 6.50. The molecule has 2 N–H and O–H groups in total. The normalized spacial score (nSPS) is 11.0. The molecular formula is C12H7ClN2O3S. The van der Waals surface area contributed by atoms with Gasteiger partial charge in [-0.25, -0.2) is 4.79 Å². The molecule has 0 amide bonds. The Bertz CT molecular complexity index is 877. The third-order valence-corrected chi connectivity index (χ3v) is 4.05. The van der Waals surface area contributed by atoms with E-state index in [1.165, 1.54) is 11.3 Å². The van der Waals surface area contributed by atoms with E-state index < -0.39 is 11.2 Å². The highest BCUT2D eigenvalue weighted by Crippen LogP contribution is 2.30. The maximum absolute atomic E-state index is 11.7. The molecule has 0 aliphatic rings. The summed E-state index contributed by atoms with van der Waals surface area (Å²) < 4.78 is 0.0701. The van der Waals surface area contributed by atoms with Crippen molar-refractivity contribution in [2.45, 2.75) is 0 Å². The molecule has 0 bridgehead atoms. The van der Waals surface area contributed by atoms with E-state index in [0.29, 0.717) is 9.85 Å². The predicted octanol–water partition coefficient (Wildman–Crippen LogP) is 2.31. The first kappa shape index (κ1) is 12.0. The van der Waals surface area contributed by atoms with Crippen molar-refractivity contribution in [1.29, 1.82) is 0 Å². The van der Waals surface area contributed by atoms with Gasteiger partial charge in [0.1, 0.15) is 4.83 Å². The van der Waals surface area contributed by atoms with E-state index in [-0.39, 0.29) is 10.1 Å². The zero-order valence-corrected chi connectivity index (χ0v) is 11.0. The van der Waals surface area contributed by atoms with Crippen molar-refractivity contribution in [3.05, 3.63) is 56.2 Å². The molecule has 96 valence electrons. The van der Waals surface area contributed by atoms with Crippen molar-refractivity contribution in [1.82, 2.24) is 9.71 Å². The molecule has 3 aromatic rings. The number of nitrogens with zero attached hydrogens (tertiary/aromatic N) is 1. The second kappa shape index (κ2) is 4.25. The number of hydrogen-bond acceptors (Lipinski definition) is 4. The summed E-state index contributed by atoms with van der Waals surface area (Å²) in [5.41, 5.74) is -0.687. The minimum Gasteiger partial charge on any atom is -0.421 e. The Morgan fingerprint density at radius 3 is 2.58 bits per heavy atom. The lowest BCUT2D eigenvalue weighted by Gasteiger charge is -1.95. The van der Waals surface area contributed by atoms with Gasteiger partial charge < -0.3 is 5.21 Å². The maximum Gasteiger partial charge on any atom is 0.362 e. The molecule has 2 heterocycles. The Labute approximate surface area is 115 Å². The number of aromatic amines is 1. The molecule has 0 unspecified atom stereocenters. The lowest BCUT2D eigenvalue weighted by molar-refractivity contribution is 0.162. The van der Waals surface area contributed by atoms with Gasteiger partial charge in [0.05, 0.1) is 5.39 Å². The van der Waals surface area contributed by atoms with E-state index in [1.54, 1.807) is 18.2 Å². The summed E-state index contributed by atoms with van der Waals surface area (Å²) in [6, 6.07) is 8.77. The molecule has 1 aromatic carbocycles. The molecule has 2 aromatic heterocycles. The highest BCUT2D eigenvalue weighted by atomic mass is 35.5. The SMILES string of the molecule is O=c1[nH]c2sc(-c3ccc(Cl)cc3)cc2c(=O)n1O. The summed E-state index contributed by atoms with van der Waals surface area (Å²) in [5.74, 6) is 0. The number of benzene rings is 1. The highest BCUT2D eigenvalue weighted by molar-refractivity contribution is 7.21. The number of fused-ring (bicyclic) bond motifs is 1. The monoisotopic (exact) mass is 294 g/mol. The Kier molecular flexibility index (Phi) is 2.69. The smallest absolute Gasteiger partial charge is 0.362 e. The number of H-pyrrole nitrogens is 1. The molecule has 0 saturated carbocycles. The van der Waals surface area contributed by atoms with Crippen molar-refractivity contribution in [3.8, 4) is 10.4 Å². The van der Waals surface area contributed by atoms with Gasteiger partial charge in [0, 0.05) is 9.90 Å². The Morgan fingerprint density at radius 2 is 1.89 bits per heavy atom. The first-order chi connectivity index (χ1) is 9.06. The maximum atomic E-state index is 11.7. The lowest BCUT2D eigenvalue weighted by atomic mass is 10.2. The number of aromatic nitrogens is 2. The average molecular weight is 295 g/mol. The predicted molar refractivity (Wildman–Crippen MR) is 74.3 cm³/mol. The van der Waals surface area contributed by atoms with Crippen molar-refractivity contribution in [3.63, 3.8) is 0 Å². The summed E-state index contributed by atoms with van der Waals surface area (Å²) in [4.78, 5) is 26.7. The van der Waals surface area contributed by atoms with Crippen molar-refractivity contribution >= 4 is 33.2 Å². The molecule has 0 fully saturated rings. The largest absolute Gasteiger partial charge is 0.421 e. The zero-order chi connectivity index (χ0) is 13.6. The van der Waals surface area contributed by atoms with Gasteiger partial charge in [-0.2, -0.15) is 0 Å². The minimum atomic E-state index is -0.845. The summed E-state index contributed by atoms with van der Waals surface area (Å²) >= 11 is 7.08. The fourth-order valence-electron chi connectivity index (χ4n) is 1.76. The van der Waals surface area contributed by atoms with Crippen LogP contribution in [0.1, 0.15) is 0 Å². The van der Waals surface area contributed by atoms with Gasteiger partial charge in [-0.15, -0.1) is 11.3 Å². The quantitative estimate of drug-likeness (QED) is 0.676. The van der Waals surface area contributed by atoms with Gasteiger partial charge in [0.25, 0.3) is 5.56 Å². The van der Waals surface area contributed by atoms with Crippen LogP contribution < -0.4 is 11.2 Å². The molecule has 0 aliphatic heterocycles. The Morgan fingerprint density at radius 1 is 1.21 bits per heavy atom. The zero-order valence-electron chi connectivity index (χ0n) is 9.38. The third-order valence-electron chi connectivity index (χ3n) is 2.70. The van der Waals surface area contributed by atoms with E-state index in [4.69, 9.17) is 11.6 Å². The standard InChI is InChI=1S/C12H7ClN2O3S/c13-7-3-1-6(2-4-7)9-5-8-10(19-9)14-12(17)15(18)11(8)16/h1-5,18H,(H,14,17). The van der Waals surface area contributed by atoms with Crippen LogP contribution in [-0.2, 0) is 0 Å². The van der Waals surface area contributed by atoms with E-state index in [9.17, 15) is 14.8 Å². The molecule has 0 spiro atoms. The van der Waals surface area contributed by atoms with Gasteiger partial charge >= 0.3 is 5.69 Å². The summed E-state index contributed by atoms with van der Waals surface area (Å²) in [6.45, 7) is 0. The van der Waals surface area contributed by atoms with Crippen LogP contribution in [0.25, 0.3) is 20.7 Å². The number of thiophene rings is 1. The van der Waals surface area contributed by atoms with Crippen LogP contribution in [0.3, 0.4) is 0 Å². The summed E-state index contributed by atoms with van der Waals surface area (Å²) in [6.07, 6.45) is 0. The van der Waals surface area contributed by atoms with Crippen LogP contribution in [0.4, 0.5) is 0 Å². The summed E-state index contributed by atoms with van der Waals surface area (Å²) in [5, 5.41) is 10.2. The van der Waals surface area contributed by atoms with Gasteiger partial charge in [-0.3, -0.25) is 9.78 Å². The fraction of sp³-hybridized carbons (Fsp3) is 0. The van der Waals surface area contributed by atoms with Gasteiger partial charge in [-0.1, -0.05) is 28.5 Å². The fourth-order valence-corrected chi connectivity index (χ4v) is 2.93. The van der Waals surface area contributed by atoms with Crippen LogP contribution in [0.2, 0.25) is 5.02 Å².